The van der Waals surface area contributed by atoms with Crippen molar-refractivity contribution in [1.29, 1.82) is 0 Å². The first kappa shape index (κ1) is 13.6. The summed E-state index contributed by atoms with van der Waals surface area (Å²) < 4.78 is 5.34. The van der Waals surface area contributed by atoms with Gasteiger partial charge in [0.15, 0.2) is 0 Å². The Morgan fingerprint density at radius 1 is 1.37 bits per heavy atom. The Morgan fingerprint density at radius 3 is 2.84 bits per heavy atom. The fourth-order valence-electron chi connectivity index (χ4n) is 2.12. The Kier molecular flexibility index (Phi) is 4.22. The van der Waals surface area contributed by atoms with Crippen molar-refractivity contribution < 1.29 is 4.74 Å². The summed E-state index contributed by atoms with van der Waals surface area (Å²) in [5.74, 6) is 0.834. The number of ether oxygens (including phenoxy) is 1. The first-order valence-electron chi connectivity index (χ1n) is 6.56. The first-order chi connectivity index (χ1) is 9.13. The van der Waals surface area contributed by atoms with E-state index in [1.807, 2.05) is 25.1 Å². The van der Waals surface area contributed by atoms with Gasteiger partial charge in [0.25, 0.3) is 0 Å². The Hall–Kier alpha value is -1.81. The number of nitrogens with two attached hydrogens (primary N) is 1. The second-order valence-electron chi connectivity index (χ2n) is 4.82. The molecule has 0 saturated carbocycles. The molecule has 1 aromatic heterocycles. The monoisotopic (exact) mass is 259 g/mol. The van der Waals surface area contributed by atoms with Crippen LogP contribution in [0.25, 0.3) is 10.9 Å². The quantitative estimate of drug-likeness (QED) is 0.866. The van der Waals surface area contributed by atoms with Crippen LogP contribution < -0.4 is 15.8 Å². The summed E-state index contributed by atoms with van der Waals surface area (Å²) in [6, 6.07) is 8.37. The Balaban J connectivity index is 2.46. The second-order valence-corrected chi connectivity index (χ2v) is 4.82. The van der Waals surface area contributed by atoms with Crippen molar-refractivity contribution in [3.8, 4) is 5.75 Å². The molecule has 0 amide bonds. The van der Waals surface area contributed by atoms with Gasteiger partial charge in [0.2, 0.25) is 0 Å². The van der Waals surface area contributed by atoms with Crippen molar-refractivity contribution in [2.45, 2.75) is 26.3 Å². The van der Waals surface area contributed by atoms with Gasteiger partial charge in [-0.25, -0.2) is 0 Å². The molecule has 2 rings (SSSR count). The Labute approximate surface area is 114 Å². The van der Waals surface area contributed by atoms with Gasteiger partial charge in [-0.05, 0) is 38.9 Å². The average molecular weight is 259 g/mol. The zero-order chi connectivity index (χ0) is 13.8. The van der Waals surface area contributed by atoms with E-state index in [4.69, 9.17) is 10.5 Å². The number of rotatable bonds is 5. The number of pyridine rings is 1. The number of benzene rings is 1. The molecule has 1 unspecified atom stereocenters. The van der Waals surface area contributed by atoms with Crippen LogP contribution in [0.1, 0.15) is 19.0 Å². The van der Waals surface area contributed by atoms with E-state index in [2.05, 4.69) is 23.3 Å². The van der Waals surface area contributed by atoms with E-state index >= 15 is 0 Å². The molecular formula is C15H21N3O. The van der Waals surface area contributed by atoms with E-state index < -0.39 is 0 Å². The summed E-state index contributed by atoms with van der Waals surface area (Å²) in [5, 5.41) is 4.54. The SMILES string of the molecule is COc1cc(NC(C)CCN)c2nc(C)ccc2c1. The molecular weight excluding hydrogens is 238 g/mol. The third-order valence-electron chi connectivity index (χ3n) is 3.14. The van der Waals surface area contributed by atoms with Gasteiger partial charge in [0.1, 0.15) is 5.75 Å². The molecule has 2 aromatic rings. The summed E-state index contributed by atoms with van der Waals surface area (Å²) >= 11 is 0. The minimum Gasteiger partial charge on any atom is -0.497 e. The van der Waals surface area contributed by atoms with Gasteiger partial charge in [0.05, 0.1) is 18.3 Å². The molecule has 1 atom stereocenters. The normalized spacial score (nSPS) is 12.4. The summed E-state index contributed by atoms with van der Waals surface area (Å²) in [6.07, 6.45) is 0.921. The van der Waals surface area contributed by atoms with E-state index in [0.717, 1.165) is 34.5 Å². The summed E-state index contributed by atoms with van der Waals surface area (Å²) in [7, 11) is 1.68. The van der Waals surface area contributed by atoms with E-state index in [-0.39, 0.29) is 0 Å². The highest BCUT2D eigenvalue weighted by atomic mass is 16.5. The summed E-state index contributed by atoms with van der Waals surface area (Å²) in [4.78, 5) is 4.61. The number of anilines is 1. The van der Waals surface area contributed by atoms with Gasteiger partial charge < -0.3 is 15.8 Å². The molecule has 1 heterocycles. The van der Waals surface area contributed by atoms with Crippen LogP contribution >= 0.6 is 0 Å². The number of aryl methyl sites for hydroxylation is 1. The molecule has 102 valence electrons. The van der Waals surface area contributed by atoms with E-state index in [1.54, 1.807) is 7.11 Å². The molecule has 4 heteroatoms. The predicted octanol–water partition coefficient (Wildman–Crippen LogP) is 2.70. The third kappa shape index (κ3) is 3.15. The van der Waals surface area contributed by atoms with Crippen LogP contribution in [-0.4, -0.2) is 24.7 Å². The van der Waals surface area contributed by atoms with Crippen molar-refractivity contribution in [2.75, 3.05) is 19.0 Å². The van der Waals surface area contributed by atoms with Crippen LogP contribution in [0.2, 0.25) is 0 Å². The largest absolute Gasteiger partial charge is 0.497 e. The lowest BCUT2D eigenvalue weighted by Crippen LogP contribution is -2.19. The molecule has 0 aliphatic rings. The fourth-order valence-corrected chi connectivity index (χ4v) is 2.12. The van der Waals surface area contributed by atoms with Crippen molar-refractivity contribution in [2.24, 2.45) is 5.73 Å². The number of methoxy groups -OCH3 is 1. The topological polar surface area (TPSA) is 60.2 Å². The minimum absolute atomic E-state index is 0.308. The van der Waals surface area contributed by atoms with Gasteiger partial charge in [-0.2, -0.15) is 0 Å². The maximum absolute atomic E-state index is 5.60. The highest BCUT2D eigenvalue weighted by Gasteiger charge is 2.09. The number of hydrogen-bond donors (Lipinski definition) is 2. The molecule has 0 spiro atoms. The Morgan fingerprint density at radius 2 is 2.16 bits per heavy atom. The van der Waals surface area contributed by atoms with Gasteiger partial charge in [0, 0.05) is 23.2 Å². The first-order valence-corrected chi connectivity index (χ1v) is 6.56. The lowest BCUT2D eigenvalue weighted by atomic mass is 10.1. The lowest BCUT2D eigenvalue weighted by molar-refractivity contribution is 0.415. The van der Waals surface area contributed by atoms with Crippen LogP contribution in [0.4, 0.5) is 5.69 Å². The molecule has 0 bridgehead atoms. The number of fused-ring (bicyclic) bond motifs is 1. The Bertz CT molecular complexity index is 569. The molecule has 0 saturated heterocycles. The minimum atomic E-state index is 0.308. The van der Waals surface area contributed by atoms with E-state index in [1.165, 1.54) is 0 Å². The van der Waals surface area contributed by atoms with Crippen molar-refractivity contribution in [1.82, 2.24) is 4.98 Å². The van der Waals surface area contributed by atoms with E-state index in [0.29, 0.717) is 12.6 Å². The van der Waals surface area contributed by atoms with Crippen LogP contribution in [0.15, 0.2) is 24.3 Å². The highest BCUT2D eigenvalue weighted by molar-refractivity contribution is 5.92. The maximum Gasteiger partial charge on any atom is 0.121 e. The van der Waals surface area contributed by atoms with Crippen molar-refractivity contribution >= 4 is 16.6 Å². The third-order valence-corrected chi connectivity index (χ3v) is 3.14. The zero-order valence-electron chi connectivity index (χ0n) is 11.7. The second kappa shape index (κ2) is 5.89. The molecule has 0 aliphatic heterocycles. The average Bonchev–Trinajstić information content (AvgIpc) is 2.39. The predicted molar refractivity (Wildman–Crippen MR) is 79.8 cm³/mol. The van der Waals surface area contributed by atoms with Gasteiger partial charge >= 0.3 is 0 Å². The molecule has 4 nitrogen and oxygen atoms in total. The molecule has 1 aromatic carbocycles. The van der Waals surface area contributed by atoms with Crippen LogP contribution in [-0.2, 0) is 0 Å². The molecule has 0 aliphatic carbocycles. The van der Waals surface area contributed by atoms with Crippen LogP contribution in [0.5, 0.6) is 5.75 Å². The number of aromatic nitrogens is 1. The van der Waals surface area contributed by atoms with Crippen molar-refractivity contribution in [3.05, 3.63) is 30.0 Å². The van der Waals surface area contributed by atoms with Gasteiger partial charge in [-0.3, -0.25) is 4.98 Å². The maximum atomic E-state index is 5.60. The highest BCUT2D eigenvalue weighted by Crippen LogP contribution is 2.28. The molecule has 19 heavy (non-hydrogen) atoms. The smallest absolute Gasteiger partial charge is 0.121 e. The lowest BCUT2D eigenvalue weighted by Gasteiger charge is -2.17. The van der Waals surface area contributed by atoms with Gasteiger partial charge in [-0.1, -0.05) is 6.07 Å². The number of nitrogens with one attached hydrogen (secondary N) is 1. The number of nitrogens with zero attached hydrogens (tertiary/aromatic N) is 1. The summed E-state index contributed by atoms with van der Waals surface area (Å²) in [6.45, 7) is 4.78. The van der Waals surface area contributed by atoms with Crippen LogP contribution in [0, 0.1) is 6.92 Å². The fraction of sp³-hybridized carbons (Fsp3) is 0.400. The number of hydrogen-bond acceptors (Lipinski definition) is 4. The summed E-state index contributed by atoms with van der Waals surface area (Å²) in [5.41, 5.74) is 8.58. The standard InChI is InChI=1S/C15H21N3O/c1-10-4-5-12-8-13(19-3)9-14(15(12)18-10)17-11(2)6-7-16/h4-5,8-9,11,17H,6-7,16H2,1-3H3. The molecule has 3 N–H and O–H groups in total. The zero-order valence-corrected chi connectivity index (χ0v) is 11.7. The van der Waals surface area contributed by atoms with Crippen molar-refractivity contribution in [3.63, 3.8) is 0 Å². The van der Waals surface area contributed by atoms with Crippen LogP contribution in [0.3, 0.4) is 0 Å². The molecule has 0 fully saturated rings. The van der Waals surface area contributed by atoms with Gasteiger partial charge in [-0.15, -0.1) is 0 Å². The molecule has 0 radical (unpaired) electrons. The van der Waals surface area contributed by atoms with E-state index in [9.17, 15) is 0 Å².